The molecule has 0 fully saturated rings. The van der Waals surface area contributed by atoms with Gasteiger partial charge in [0.25, 0.3) is 0 Å². The molecule has 0 bridgehead atoms. The lowest BCUT2D eigenvalue weighted by Crippen LogP contribution is -2.02. The normalized spacial score (nSPS) is 10.5. The fourth-order valence-electron chi connectivity index (χ4n) is 1.41. The number of halogens is 1. The second-order valence-electron chi connectivity index (χ2n) is 2.82. The average Bonchev–Trinajstić information content (AvgIpc) is 2.17. The summed E-state index contributed by atoms with van der Waals surface area (Å²) in [7, 11) is 0. The predicted molar refractivity (Wildman–Crippen MR) is 54.1 cm³/mol. The van der Waals surface area contributed by atoms with E-state index in [1.165, 1.54) is 6.07 Å². The van der Waals surface area contributed by atoms with Crippen LogP contribution in [0, 0.1) is 0 Å². The van der Waals surface area contributed by atoms with E-state index in [9.17, 15) is 4.79 Å². The van der Waals surface area contributed by atoms with Gasteiger partial charge in [-0.15, -0.1) is 11.6 Å². The second-order valence-corrected chi connectivity index (χ2v) is 3.08. The van der Waals surface area contributed by atoms with Gasteiger partial charge in [0.05, 0.1) is 0 Å². The van der Waals surface area contributed by atoms with Gasteiger partial charge < -0.3 is 4.98 Å². The molecule has 0 radical (unpaired) electrons. The average molecular weight is 194 g/mol. The van der Waals surface area contributed by atoms with Gasteiger partial charge >= 0.3 is 0 Å². The molecule has 0 saturated carbocycles. The summed E-state index contributed by atoms with van der Waals surface area (Å²) < 4.78 is 0. The fourth-order valence-corrected chi connectivity index (χ4v) is 1.64. The topological polar surface area (TPSA) is 32.9 Å². The van der Waals surface area contributed by atoms with Crippen molar-refractivity contribution in [2.75, 3.05) is 0 Å². The van der Waals surface area contributed by atoms with Crippen LogP contribution in [0.4, 0.5) is 0 Å². The Balaban J connectivity index is 2.95. The van der Waals surface area contributed by atoms with E-state index in [1.807, 2.05) is 18.2 Å². The van der Waals surface area contributed by atoms with Gasteiger partial charge in [-0.3, -0.25) is 4.79 Å². The monoisotopic (exact) mass is 193 g/mol. The molecule has 0 aliphatic carbocycles. The number of pyridine rings is 1. The third kappa shape index (κ3) is 1.33. The van der Waals surface area contributed by atoms with E-state index in [4.69, 9.17) is 11.6 Å². The van der Waals surface area contributed by atoms with Crippen LogP contribution in [-0.4, -0.2) is 4.98 Å². The molecule has 1 aromatic carbocycles. The van der Waals surface area contributed by atoms with Crippen molar-refractivity contribution in [2.45, 2.75) is 5.88 Å². The minimum atomic E-state index is 0.0185. The highest BCUT2D eigenvalue weighted by atomic mass is 35.5. The standard InChI is InChI=1S/C10H8ClNO/c11-6-7-2-1-3-8-10(7)9(13)4-5-12-8/h1-5H,6H2,(H,12,13). The molecule has 2 rings (SSSR count). The molecule has 1 heterocycles. The highest BCUT2D eigenvalue weighted by molar-refractivity contribution is 6.18. The zero-order chi connectivity index (χ0) is 9.26. The molecule has 13 heavy (non-hydrogen) atoms. The Morgan fingerprint density at radius 1 is 1.31 bits per heavy atom. The largest absolute Gasteiger partial charge is 0.361 e. The molecule has 3 heteroatoms. The van der Waals surface area contributed by atoms with Crippen molar-refractivity contribution in [3.05, 3.63) is 46.2 Å². The number of hydrogen-bond acceptors (Lipinski definition) is 1. The van der Waals surface area contributed by atoms with Crippen LogP contribution in [-0.2, 0) is 5.88 Å². The number of alkyl halides is 1. The maximum Gasteiger partial charge on any atom is 0.189 e. The van der Waals surface area contributed by atoms with Crippen LogP contribution >= 0.6 is 11.6 Å². The Morgan fingerprint density at radius 3 is 2.92 bits per heavy atom. The summed E-state index contributed by atoms with van der Waals surface area (Å²) in [6.45, 7) is 0. The molecule has 0 amide bonds. The summed E-state index contributed by atoms with van der Waals surface area (Å²) in [6.07, 6.45) is 1.64. The first-order chi connectivity index (χ1) is 6.33. The minimum absolute atomic E-state index is 0.0185. The third-order valence-electron chi connectivity index (χ3n) is 2.01. The third-order valence-corrected chi connectivity index (χ3v) is 2.30. The van der Waals surface area contributed by atoms with E-state index in [0.29, 0.717) is 11.3 Å². The van der Waals surface area contributed by atoms with Crippen LogP contribution in [0.3, 0.4) is 0 Å². The Kier molecular flexibility index (Phi) is 2.07. The Labute approximate surface area is 80.2 Å². The van der Waals surface area contributed by atoms with Crippen molar-refractivity contribution in [1.29, 1.82) is 0 Å². The van der Waals surface area contributed by atoms with Crippen LogP contribution in [0.5, 0.6) is 0 Å². The number of rotatable bonds is 1. The van der Waals surface area contributed by atoms with Crippen molar-refractivity contribution in [3.63, 3.8) is 0 Å². The molecule has 0 spiro atoms. The molecule has 2 nitrogen and oxygen atoms in total. The lowest BCUT2D eigenvalue weighted by atomic mass is 10.1. The van der Waals surface area contributed by atoms with Gasteiger partial charge in [0.1, 0.15) is 0 Å². The molecule has 2 aromatic rings. The summed E-state index contributed by atoms with van der Waals surface area (Å²) >= 11 is 5.73. The van der Waals surface area contributed by atoms with E-state index < -0.39 is 0 Å². The summed E-state index contributed by atoms with van der Waals surface area (Å²) in [5.74, 6) is 0.366. The van der Waals surface area contributed by atoms with Gasteiger partial charge in [0.2, 0.25) is 0 Å². The molecular formula is C10H8ClNO. The lowest BCUT2D eigenvalue weighted by molar-refractivity contribution is 1.35. The van der Waals surface area contributed by atoms with E-state index in [-0.39, 0.29) is 5.43 Å². The Bertz CT molecular complexity index is 484. The minimum Gasteiger partial charge on any atom is -0.361 e. The van der Waals surface area contributed by atoms with Gasteiger partial charge in [0, 0.05) is 29.0 Å². The van der Waals surface area contributed by atoms with E-state index in [2.05, 4.69) is 4.98 Å². The molecule has 0 aliphatic heterocycles. The Hall–Kier alpha value is -1.28. The van der Waals surface area contributed by atoms with Crippen molar-refractivity contribution in [2.24, 2.45) is 0 Å². The Morgan fingerprint density at radius 2 is 2.15 bits per heavy atom. The SMILES string of the molecule is O=c1cc[nH]c2cccc(CCl)c12. The molecule has 66 valence electrons. The first-order valence-corrected chi connectivity index (χ1v) is 4.51. The summed E-state index contributed by atoms with van der Waals surface area (Å²) in [4.78, 5) is 14.5. The smallest absolute Gasteiger partial charge is 0.189 e. The molecule has 0 atom stereocenters. The van der Waals surface area contributed by atoms with Crippen LogP contribution in [0.1, 0.15) is 5.56 Å². The van der Waals surface area contributed by atoms with Gasteiger partial charge in [0.15, 0.2) is 5.43 Å². The summed E-state index contributed by atoms with van der Waals surface area (Å²) in [6, 6.07) is 7.13. The fraction of sp³-hybridized carbons (Fsp3) is 0.100. The van der Waals surface area contributed by atoms with Crippen molar-refractivity contribution in [3.8, 4) is 0 Å². The molecule has 0 saturated heterocycles. The van der Waals surface area contributed by atoms with Crippen molar-refractivity contribution < 1.29 is 0 Å². The lowest BCUT2D eigenvalue weighted by Gasteiger charge is -2.00. The molecular weight excluding hydrogens is 186 g/mol. The van der Waals surface area contributed by atoms with E-state index in [0.717, 1.165) is 11.1 Å². The molecule has 0 unspecified atom stereocenters. The van der Waals surface area contributed by atoms with E-state index in [1.54, 1.807) is 6.20 Å². The second kappa shape index (κ2) is 3.23. The van der Waals surface area contributed by atoms with Crippen LogP contribution in [0.25, 0.3) is 10.9 Å². The van der Waals surface area contributed by atoms with Gasteiger partial charge in [-0.1, -0.05) is 12.1 Å². The van der Waals surface area contributed by atoms with Gasteiger partial charge in [-0.05, 0) is 11.6 Å². The number of aromatic amines is 1. The number of aromatic nitrogens is 1. The van der Waals surface area contributed by atoms with Crippen molar-refractivity contribution >= 4 is 22.5 Å². The first-order valence-electron chi connectivity index (χ1n) is 3.98. The van der Waals surface area contributed by atoms with Crippen molar-refractivity contribution in [1.82, 2.24) is 4.98 Å². The van der Waals surface area contributed by atoms with Gasteiger partial charge in [-0.2, -0.15) is 0 Å². The number of fused-ring (bicyclic) bond motifs is 1. The molecule has 1 N–H and O–H groups in total. The van der Waals surface area contributed by atoms with E-state index >= 15 is 0 Å². The zero-order valence-electron chi connectivity index (χ0n) is 6.88. The molecule has 0 aliphatic rings. The van der Waals surface area contributed by atoms with Gasteiger partial charge in [-0.25, -0.2) is 0 Å². The maximum atomic E-state index is 11.5. The highest BCUT2D eigenvalue weighted by Gasteiger charge is 2.02. The van der Waals surface area contributed by atoms with Crippen LogP contribution < -0.4 is 5.43 Å². The van der Waals surface area contributed by atoms with Crippen LogP contribution in [0.15, 0.2) is 35.3 Å². The first kappa shape index (κ1) is 8.32. The summed E-state index contributed by atoms with van der Waals surface area (Å²) in [5.41, 5.74) is 1.73. The predicted octanol–water partition coefficient (Wildman–Crippen LogP) is 2.27. The number of nitrogens with one attached hydrogen (secondary N) is 1. The number of hydrogen-bond donors (Lipinski definition) is 1. The number of H-pyrrole nitrogens is 1. The highest BCUT2D eigenvalue weighted by Crippen LogP contribution is 2.14. The number of benzene rings is 1. The summed E-state index contributed by atoms with van der Waals surface area (Å²) in [5, 5.41) is 0.694. The zero-order valence-corrected chi connectivity index (χ0v) is 7.64. The van der Waals surface area contributed by atoms with Crippen LogP contribution in [0.2, 0.25) is 0 Å². The maximum absolute atomic E-state index is 11.5. The quantitative estimate of drug-likeness (QED) is 0.693. The molecule has 1 aromatic heterocycles.